The highest BCUT2D eigenvalue weighted by Crippen LogP contribution is 2.32. The molecule has 8 heteroatoms. The molecule has 132 valence electrons. The molecule has 2 N–H and O–H groups in total. The highest BCUT2D eigenvalue weighted by atomic mass is 32.1. The first-order chi connectivity index (χ1) is 12.7. The summed E-state index contributed by atoms with van der Waals surface area (Å²) in [6, 6.07) is 9.36. The predicted octanol–water partition coefficient (Wildman–Crippen LogP) is 3.30. The Morgan fingerprint density at radius 3 is 3.00 bits per heavy atom. The first kappa shape index (κ1) is 16.5. The molecule has 3 aromatic heterocycles. The molecule has 1 aliphatic rings. The van der Waals surface area contributed by atoms with Crippen LogP contribution in [0.1, 0.15) is 23.9 Å². The maximum Gasteiger partial charge on any atom is 0.220 e. The van der Waals surface area contributed by atoms with E-state index in [0.29, 0.717) is 18.1 Å². The Morgan fingerprint density at radius 2 is 2.19 bits per heavy atom. The molecular formula is C18H17N5O2S. The van der Waals surface area contributed by atoms with Gasteiger partial charge in [0.1, 0.15) is 22.4 Å². The number of aromatic nitrogens is 3. The van der Waals surface area contributed by atoms with E-state index in [-0.39, 0.29) is 11.9 Å². The predicted molar refractivity (Wildman–Crippen MR) is 99.5 cm³/mol. The molecule has 0 aliphatic carbocycles. The molecule has 3 aromatic rings. The zero-order valence-corrected chi connectivity index (χ0v) is 14.9. The molecule has 0 saturated carbocycles. The normalized spacial score (nSPS) is 16.3. The van der Waals surface area contributed by atoms with Gasteiger partial charge in [0.05, 0.1) is 23.7 Å². The lowest BCUT2D eigenvalue weighted by molar-refractivity contribution is -0.119. The summed E-state index contributed by atoms with van der Waals surface area (Å²) < 4.78 is 5.21. The van der Waals surface area contributed by atoms with Gasteiger partial charge in [-0.2, -0.15) is 0 Å². The van der Waals surface area contributed by atoms with Crippen molar-refractivity contribution in [1.82, 2.24) is 20.3 Å². The van der Waals surface area contributed by atoms with E-state index in [1.807, 2.05) is 24.3 Å². The first-order valence-corrected chi connectivity index (χ1v) is 9.02. The zero-order valence-electron chi connectivity index (χ0n) is 14.1. The van der Waals surface area contributed by atoms with Crippen LogP contribution in [0.5, 0.6) is 5.75 Å². The Labute approximate surface area is 154 Å². The molecule has 0 aromatic carbocycles. The number of carbonyl (C=O) groups is 1. The smallest absolute Gasteiger partial charge is 0.220 e. The average Bonchev–Trinajstić information content (AvgIpc) is 3.31. The fourth-order valence-electron chi connectivity index (χ4n) is 2.75. The lowest BCUT2D eigenvalue weighted by Crippen LogP contribution is -2.17. The molecule has 1 atom stereocenters. The number of anilines is 2. The maximum absolute atomic E-state index is 11.4. The van der Waals surface area contributed by atoms with Crippen molar-refractivity contribution in [2.45, 2.75) is 18.9 Å². The third-order valence-corrected chi connectivity index (χ3v) is 5.18. The number of rotatable bonds is 5. The van der Waals surface area contributed by atoms with Crippen molar-refractivity contribution >= 4 is 28.9 Å². The number of ether oxygens (including phenoxy) is 1. The van der Waals surface area contributed by atoms with Gasteiger partial charge in [-0.1, -0.05) is 6.07 Å². The van der Waals surface area contributed by atoms with Crippen molar-refractivity contribution in [2.24, 2.45) is 0 Å². The van der Waals surface area contributed by atoms with Crippen LogP contribution in [-0.2, 0) is 4.79 Å². The van der Waals surface area contributed by atoms with E-state index in [2.05, 4.69) is 25.6 Å². The number of hydrogen-bond acceptors (Lipinski definition) is 7. The second-order valence-electron chi connectivity index (χ2n) is 5.84. The summed E-state index contributed by atoms with van der Waals surface area (Å²) in [5, 5.41) is 7.04. The molecular weight excluding hydrogens is 350 g/mol. The van der Waals surface area contributed by atoms with E-state index in [9.17, 15) is 4.79 Å². The number of carbonyl (C=O) groups excluding carboxylic acids is 1. The molecule has 1 fully saturated rings. The van der Waals surface area contributed by atoms with Gasteiger partial charge in [-0.25, -0.2) is 15.0 Å². The summed E-state index contributed by atoms with van der Waals surface area (Å²) in [6.45, 7) is 0. The topological polar surface area (TPSA) is 89.0 Å². The molecule has 1 aliphatic heterocycles. The average molecular weight is 367 g/mol. The van der Waals surface area contributed by atoms with Crippen molar-refractivity contribution < 1.29 is 9.53 Å². The SMILES string of the molecule is COc1ccnc(Nc2cccc(-c3cnc([C@@H]4CCC(=O)N4)s3)n2)c1. The van der Waals surface area contributed by atoms with Crippen LogP contribution in [0.3, 0.4) is 0 Å². The fraction of sp³-hybridized carbons (Fsp3) is 0.222. The molecule has 0 unspecified atom stereocenters. The van der Waals surface area contributed by atoms with E-state index in [0.717, 1.165) is 27.7 Å². The number of nitrogens with one attached hydrogen (secondary N) is 2. The fourth-order valence-corrected chi connectivity index (χ4v) is 3.72. The van der Waals surface area contributed by atoms with Crippen LogP contribution >= 0.6 is 11.3 Å². The standard InChI is InChI=1S/C18H17N5O2S/c1-25-11-7-8-19-16(9-11)23-15-4-2-3-12(21-15)14-10-20-18(26-14)13-5-6-17(24)22-13/h2-4,7-10,13H,5-6H2,1H3,(H,22,24)(H,19,21,23)/t13-/m0/s1. The van der Waals surface area contributed by atoms with E-state index in [4.69, 9.17) is 4.74 Å². The van der Waals surface area contributed by atoms with Gasteiger partial charge in [-0.15, -0.1) is 11.3 Å². The van der Waals surface area contributed by atoms with E-state index < -0.39 is 0 Å². The van der Waals surface area contributed by atoms with Gasteiger partial charge in [0.15, 0.2) is 0 Å². The van der Waals surface area contributed by atoms with E-state index >= 15 is 0 Å². The van der Waals surface area contributed by atoms with Crippen molar-refractivity contribution in [3.05, 3.63) is 47.7 Å². The molecule has 1 amide bonds. The molecule has 0 bridgehead atoms. The summed E-state index contributed by atoms with van der Waals surface area (Å²) >= 11 is 1.55. The monoisotopic (exact) mass is 367 g/mol. The minimum Gasteiger partial charge on any atom is -0.497 e. The van der Waals surface area contributed by atoms with Gasteiger partial charge in [0.2, 0.25) is 5.91 Å². The summed E-state index contributed by atoms with van der Waals surface area (Å²) in [5.41, 5.74) is 0.825. The zero-order chi connectivity index (χ0) is 17.9. The minimum absolute atomic E-state index is 0.0172. The second kappa shape index (κ2) is 7.09. The molecule has 4 heterocycles. The van der Waals surface area contributed by atoms with E-state index in [1.54, 1.807) is 36.9 Å². The Balaban J connectivity index is 1.54. The van der Waals surface area contributed by atoms with Crippen molar-refractivity contribution in [2.75, 3.05) is 12.4 Å². The molecule has 26 heavy (non-hydrogen) atoms. The number of thiazole rings is 1. The van der Waals surface area contributed by atoms with Crippen LogP contribution in [0.25, 0.3) is 10.6 Å². The lowest BCUT2D eigenvalue weighted by atomic mass is 10.2. The minimum atomic E-state index is 0.0172. The second-order valence-corrected chi connectivity index (χ2v) is 6.90. The summed E-state index contributed by atoms with van der Waals surface area (Å²) in [4.78, 5) is 25.7. The number of methoxy groups -OCH3 is 1. The van der Waals surface area contributed by atoms with Gasteiger partial charge in [0.25, 0.3) is 0 Å². The third kappa shape index (κ3) is 3.50. The highest BCUT2D eigenvalue weighted by molar-refractivity contribution is 7.15. The third-order valence-electron chi connectivity index (χ3n) is 4.04. The number of amides is 1. The lowest BCUT2D eigenvalue weighted by Gasteiger charge is -2.07. The van der Waals surface area contributed by atoms with Crippen molar-refractivity contribution in [3.63, 3.8) is 0 Å². The van der Waals surface area contributed by atoms with Gasteiger partial charge in [-0.05, 0) is 24.6 Å². The van der Waals surface area contributed by atoms with Crippen LogP contribution in [-0.4, -0.2) is 28.0 Å². The van der Waals surface area contributed by atoms with Gasteiger partial charge < -0.3 is 15.4 Å². The van der Waals surface area contributed by atoms with Crippen molar-refractivity contribution in [3.8, 4) is 16.3 Å². The van der Waals surface area contributed by atoms with Gasteiger partial charge in [-0.3, -0.25) is 4.79 Å². The maximum atomic E-state index is 11.4. The van der Waals surface area contributed by atoms with Crippen LogP contribution in [0.15, 0.2) is 42.7 Å². The summed E-state index contributed by atoms with van der Waals surface area (Å²) in [5.74, 6) is 2.16. The van der Waals surface area contributed by atoms with Crippen LogP contribution in [0.4, 0.5) is 11.6 Å². The van der Waals surface area contributed by atoms with Gasteiger partial charge >= 0.3 is 0 Å². The molecule has 4 rings (SSSR count). The summed E-state index contributed by atoms with van der Waals surface area (Å²) in [7, 11) is 1.62. The number of nitrogens with zero attached hydrogens (tertiary/aromatic N) is 3. The largest absolute Gasteiger partial charge is 0.497 e. The molecule has 1 saturated heterocycles. The Hall–Kier alpha value is -3.00. The number of pyridine rings is 2. The van der Waals surface area contributed by atoms with E-state index in [1.165, 1.54) is 0 Å². The first-order valence-electron chi connectivity index (χ1n) is 8.21. The molecule has 0 spiro atoms. The molecule has 0 radical (unpaired) electrons. The Morgan fingerprint density at radius 1 is 1.27 bits per heavy atom. The Kier molecular flexibility index (Phi) is 4.49. The van der Waals surface area contributed by atoms with Gasteiger partial charge in [0, 0.05) is 24.9 Å². The highest BCUT2D eigenvalue weighted by Gasteiger charge is 2.25. The molecule has 7 nitrogen and oxygen atoms in total. The Bertz CT molecular complexity index is 943. The summed E-state index contributed by atoms with van der Waals surface area (Å²) in [6.07, 6.45) is 4.84. The number of hydrogen-bond donors (Lipinski definition) is 2. The quantitative estimate of drug-likeness (QED) is 0.719. The van der Waals surface area contributed by atoms with Crippen LogP contribution < -0.4 is 15.4 Å². The van der Waals surface area contributed by atoms with Crippen molar-refractivity contribution in [1.29, 1.82) is 0 Å². The van der Waals surface area contributed by atoms with Crippen LogP contribution in [0, 0.1) is 0 Å². The van der Waals surface area contributed by atoms with Crippen LogP contribution in [0.2, 0.25) is 0 Å².